The maximum absolute atomic E-state index is 11.8. The molecule has 0 radical (unpaired) electrons. The van der Waals surface area contributed by atoms with Crippen LogP contribution in [0.25, 0.3) is 0 Å². The minimum atomic E-state index is -0.281. The second-order valence-corrected chi connectivity index (χ2v) is 3.63. The van der Waals surface area contributed by atoms with Gasteiger partial charge in [0, 0.05) is 19.5 Å². The highest BCUT2D eigenvalue weighted by Crippen LogP contribution is 2.11. The molecule has 1 heterocycles. The van der Waals surface area contributed by atoms with E-state index < -0.39 is 0 Å². The summed E-state index contributed by atoms with van der Waals surface area (Å²) in [6.45, 7) is 6.69. The first-order valence-corrected chi connectivity index (χ1v) is 5.38. The van der Waals surface area contributed by atoms with Gasteiger partial charge in [-0.3, -0.25) is 9.59 Å². The van der Waals surface area contributed by atoms with Gasteiger partial charge in [-0.05, 0) is 12.8 Å². The first kappa shape index (κ1) is 11.8. The molecule has 0 aromatic heterocycles. The summed E-state index contributed by atoms with van der Waals surface area (Å²) in [4.78, 5) is 24.9. The molecular weight excluding hydrogens is 192 g/mol. The summed E-state index contributed by atoms with van der Waals surface area (Å²) in [6.07, 6.45) is 3.52. The molecule has 0 bridgehead atoms. The van der Waals surface area contributed by atoms with Crippen LogP contribution in [0.5, 0.6) is 0 Å². The topological polar surface area (TPSA) is 49.4 Å². The molecule has 1 saturated heterocycles. The van der Waals surface area contributed by atoms with Crippen molar-refractivity contribution in [1.29, 1.82) is 0 Å². The Morgan fingerprint density at radius 1 is 1.73 bits per heavy atom. The third-order valence-electron chi connectivity index (χ3n) is 2.60. The quantitative estimate of drug-likeness (QED) is 0.694. The molecular formula is C11H18N2O2. The molecule has 2 amide bonds. The van der Waals surface area contributed by atoms with Crippen LogP contribution >= 0.6 is 0 Å². The molecule has 1 fully saturated rings. The number of hydrogen-bond donors (Lipinski definition) is 1. The lowest BCUT2D eigenvalue weighted by Gasteiger charge is -2.34. The number of carbonyl (C=O) groups is 2. The number of nitrogens with zero attached hydrogens (tertiary/aromatic N) is 1. The van der Waals surface area contributed by atoms with E-state index in [1.165, 1.54) is 0 Å². The maximum Gasteiger partial charge on any atom is 0.242 e. The van der Waals surface area contributed by atoms with E-state index in [9.17, 15) is 9.59 Å². The van der Waals surface area contributed by atoms with Crippen molar-refractivity contribution in [1.82, 2.24) is 10.2 Å². The van der Waals surface area contributed by atoms with E-state index >= 15 is 0 Å². The smallest absolute Gasteiger partial charge is 0.242 e. The fraction of sp³-hybridized carbons (Fsp3) is 0.636. The number of allylic oxidation sites excluding steroid dienone is 1. The van der Waals surface area contributed by atoms with Crippen molar-refractivity contribution >= 4 is 11.8 Å². The van der Waals surface area contributed by atoms with Gasteiger partial charge in [-0.1, -0.05) is 13.0 Å². The first-order valence-electron chi connectivity index (χ1n) is 5.38. The van der Waals surface area contributed by atoms with Gasteiger partial charge in [0.1, 0.15) is 6.04 Å². The van der Waals surface area contributed by atoms with Crippen LogP contribution in [-0.2, 0) is 9.59 Å². The highest BCUT2D eigenvalue weighted by Gasteiger charge is 2.30. The number of hydrogen-bond acceptors (Lipinski definition) is 2. The van der Waals surface area contributed by atoms with Gasteiger partial charge in [-0.15, -0.1) is 6.58 Å². The molecule has 4 nitrogen and oxygen atoms in total. The van der Waals surface area contributed by atoms with Crippen LogP contribution in [0.15, 0.2) is 12.7 Å². The van der Waals surface area contributed by atoms with E-state index in [0.29, 0.717) is 32.4 Å². The number of amides is 2. The Bertz CT molecular complexity index is 263. The van der Waals surface area contributed by atoms with E-state index in [1.807, 2.05) is 6.92 Å². The lowest BCUT2D eigenvalue weighted by Crippen LogP contribution is -2.56. The second-order valence-electron chi connectivity index (χ2n) is 3.63. The molecule has 1 atom stereocenters. The van der Waals surface area contributed by atoms with E-state index in [-0.39, 0.29) is 17.9 Å². The van der Waals surface area contributed by atoms with Crippen molar-refractivity contribution in [2.75, 3.05) is 13.1 Å². The molecule has 1 aliphatic rings. The molecule has 0 spiro atoms. The SMILES string of the molecule is C=CCCC(=O)N1CCNC(=O)C1CC. The molecule has 0 aromatic carbocycles. The molecule has 0 saturated carbocycles. The lowest BCUT2D eigenvalue weighted by atomic mass is 10.1. The van der Waals surface area contributed by atoms with Crippen LogP contribution in [0, 0.1) is 0 Å². The average molecular weight is 210 g/mol. The van der Waals surface area contributed by atoms with Gasteiger partial charge < -0.3 is 10.2 Å². The Kier molecular flexibility index (Phi) is 4.34. The van der Waals surface area contributed by atoms with E-state index in [0.717, 1.165) is 0 Å². The third-order valence-corrected chi connectivity index (χ3v) is 2.60. The standard InChI is InChI=1S/C11H18N2O2/c1-3-5-6-10(14)13-8-7-12-11(15)9(13)4-2/h3,9H,1,4-8H2,2H3,(H,12,15). The van der Waals surface area contributed by atoms with Crippen LogP contribution in [-0.4, -0.2) is 35.8 Å². The van der Waals surface area contributed by atoms with Crippen molar-refractivity contribution < 1.29 is 9.59 Å². The molecule has 1 aliphatic heterocycles. The predicted octanol–water partition coefficient (Wildman–Crippen LogP) is 0.690. The van der Waals surface area contributed by atoms with Crippen LogP contribution in [0.2, 0.25) is 0 Å². The van der Waals surface area contributed by atoms with Crippen molar-refractivity contribution in [3.8, 4) is 0 Å². The fourth-order valence-corrected chi connectivity index (χ4v) is 1.79. The number of nitrogens with one attached hydrogen (secondary N) is 1. The van der Waals surface area contributed by atoms with Gasteiger partial charge in [-0.2, -0.15) is 0 Å². The highest BCUT2D eigenvalue weighted by molar-refractivity contribution is 5.88. The zero-order valence-corrected chi connectivity index (χ0v) is 9.16. The number of piperazine rings is 1. The Morgan fingerprint density at radius 3 is 3.07 bits per heavy atom. The van der Waals surface area contributed by atoms with Crippen LogP contribution in [0.1, 0.15) is 26.2 Å². The van der Waals surface area contributed by atoms with Gasteiger partial charge in [0.2, 0.25) is 11.8 Å². The van der Waals surface area contributed by atoms with E-state index in [1.54, 1.807) is 11.0 Å². The highest BCUT2D eigenvalue weighted by atomic mass is 16.2. The zero-order chi connectivity index (χ0) is 11.3. The third kappa shape index (κ3) is 2.81. The summed E-state index contributed by atoms with van der Waals surface area (Å²) in [7, 11) is 0. The number of rotatable bonds is 4. The van der Waals surface area contributed by atoms with Crippen LogP contribution in [0.3, 0.4) is 0 Å². The van der Waals surface area contributed by atoms with Crippen molar-refractivity contribution in [2.45, 2.75) is 32.2 Å². The molecule has 15 heavy (non-hydrogen) atoms. The fourth-order valence-electron chi connectivity index (χ4n) is 1.79. The summed E-state index contributed by atoms with van der Waals surface area (Å²) >= 11 is 0. The zero-order valence-electron chi connectivity index (χ0n) is 9.16. The predicted molar refractivity (Wildman–Crippen MR) is 58.2 cm³/mol. The second kappa shape index (κ2) is 5.53. The largest absolute Gasteiger partial charge is 0.353 e. The Hall–Kier alpha value is -1.32. The summed E-state index contributed by atoms with van der Waals surface area (Å²) in [5.41, 5.74) is 0. The number of carbonyl (C=O) groups excluding carboxylic acids is 2. The van der Waals surface area contributed by atoms with Crippen molar-refractivity contribution in [2.24, 2.45) is 0 Å². The van der Waals surface area contributed by atoms with Crippen LogP contribution < -0.4 is 5.32 Å². The molecule has 1 unspecified atom stereocenters. The first-order chi connectivity index (χ1) is 7.20. The summed E-state index contributed by atoms with van der Waals surface area (Å²) in [5, 5.41) is 2.77. The molecule has 4 heteroatoms. The van der Waals surface area contributed by atoms with Crippen molar-refractivity contribution in [3.63, 3.8) is 0 Å². The Labute approximate surface area is 90.3 Å². The van der Waals surface area contributed by atoms with Gasteiger partial charge in [0.25, 0.3) is 0 Å². The maximum atomic E-state index is 11.8. The van der Waals surface area contributed by atoms with Crippen molar-refractivity contribution in [3.05, 3.63) is 12.7 Å². The molecule has 0 aromatic rings. The molecule has 1 N–H and O–H groups in total. The summed E-state index contributed by atoms with van der Waals surface area (Å²) in [5.74, 6) is 0.0207. The summed E-state index contributed by atoms with van der Waals surface area (Å²) in [6, 6.07) is -0.281. The van der Waals surface area contributed by atoms with Gasteiger partial charge in [0.05, 0.1) is 0 Å². The Balaban J connectivity index is 2.60. The monoisotopic (exact) mass is 210 g/mol. The normalized spacial score (nSPS) is 21.0. The summed E-state index contributed by atoms with van der Waals surface area (Å²) < 4.78 is 0. The van der Waals surface area contributed by atoms with Crippen LogP contribution in [0.4, 0.5) is 0 Å². The molecule has 84 valence electrons. The minimum absolute atomic E-state index is 0.0318. The Morgan fingerprint density at radius 2 is 2.47 bits per heavy atom. The molecule has 1 rings (SSSR count). The molecule has 0 aliphatic carbocycles. The van der Waals surface area contributed by atoms with Gasteiger partial charge in [0.15, 0.2) is 0 Å². The average Bonchev–Trinajstić information content (AvgIpc) is 2.25. The van der Waals surface area contributed by atoms with Gasteiger partial charge in [-0.25, -0.2) is 0 Å². The van der Waals surface area contributed by atoms with E-state index in [2.05, 4.69) is 11.9 Å². The van der Waals surface area contributed by atoms with E-state index in [4.69, 9.17) is 0 Å². The lowest BCUT2D eigenvalue weighted by molar-refractivity contribution is -0.143. The minimum Gasteiger partial charge on any atom is -0.353 e. The van der Waals surface area contributed by atoms with Gasteiger partial charge >= 0.3 is 0 Å².